The highest BCUT2D eigenvalue weighted by atomic mass is 16.2. The second-order valence-electron chi connectivity index (χ2n) is 5.70. The van der Waals surface area contributed by atoms with Crippen molar-refractivity contribution in [3.8, 4) is 0 Å². The van der Waals surface area contributed by atoms with Crippen molar-refractivity contribution in [3.63, 3.8) is 0 Å². The van der Waals surface area contributed by atoms with Gasteiger partial charge in [-0.3, -0.25) is 19.3 Å². The van der Waals surface area contributed by atoms with Crippen LogP contribution in [0.25, 0.3) is 0 Å². The molecule has 3 rings (SSSR count). The molecule has 1 atom stereocenters. The van der Waals surface area contributed by atoms with Crippen molar-refractivity contribution in [2.75, 3.05) is 5.32 Å². The SMILES string of the molecule is CCc1ccccc1NC(=O)[C@@H](C)N1C(=O)c2ccccc2C1=O. The Morgan fingerprint density at radius 3 is 2.12 bits per heavy atom. The van der Waals surface area contributed by atoms with Gasteiger partial charge in [0, 0.05) is 5.69 Å². The van der Waals surface area contributed by atoms with E-state index in [1.54, 1.807) is 31.2 Å². The van der Waals surface area contributed by atoms with Gasteiger partial charge in [-0.05, 0) is 37.1 Å². The molecular weight excluding hydrogens is 304 g/mol. The fourth-order valence-electron chi connectivity index (χ4n) is 2.86. The van der Waals surface area contributed by atoms with Crippen molar-refractivity contribution in [3.05, 3.63) is 65.2 Å². The van der Waals surface area contributed by atoms with Gasteiger partial charge >= 0.3 is 0 Å². The first-order valence-electron chi connectivity index (χ1n) is 7.90. The molecule has 1 aliphatic heterocycles. The highest BCUT2D eigenvalue weighted by Gasteiger charge is 2.40. The Morgan fingerprint density at radius 1 is 1.00 bits per heavy atom. The average Bonchev–Trinajstić information content (AvgIpc) is 2.86. The first kappa shape index (κ1) is 15.9. The lowest BCUT2D eigenvalue weighted by Crippen LogP contribution is -2.45. The summed E-state index contributed by atoms with van der Waals surface area (Å²) >= 11 is 0. The molecule has 0 saturated heterocycles. The lowest BCUT2D eigenvalue weighted by molar-refractivity contribution is -0.119. The van der Waals surface area contributed by atoms with Crippen LogP contribution in [0.1, 0.15) is 40.1 Å². The van der Waals surface area contributed by atoms with Crippen molar-refractivity contribution in [1.29, 1.82) is 0 Å². The Bertz CT molecular complexity index is 794. The minimum absolute atomic E-state index is 0.344. The number of hydrogen-bond acceptors (Lipinski definition) is 3. The third kappa shape index (κ3) is 2.58. The van der Waals surface area contributed by atoms with Crippen LogP contribution in [0.2, 0.25) is 0 Å². The third-order valence-corrected chi connectivity index (χ3v) is 4.25. The molecule has 0 saturated carbocycles. The predicted molar refractivity (Wildman–Crippen MR) is 90.9 cm³/mol. The maximum absolute atomic E-state index is 12.6. The van der Waals surface area contributed by atoms with Gasteiger partial charge < -0.3 is 5.32 Å². The zero-order valence-electron chi connectivity index (χ0n) is 13.6. The number of rotatable bonds is 4. The normalized spacial score (nSPS) is 14.5. The summed E-state index contributed by atoms with van der Waals surface area (Å²) in [5, 5.41) is 2.82. The molecule has 0 radical (unpaired) electrons. The summed E-state index contributed by atoms with van der Waals surface area (Å²) in [5.41, 5.74) is 2.39. The van der Waals surface area contributed by atoms with E-state index < -0.39 is 17.9 Å². The van der Waals surface area contributed by atoms with E-state index in [4.69, 9.17) is 0 Å². The van der Waals surface area contributed by atoms with Gasteiger partial charge in [0.05, 0.1) is 11.1 Å². The van der Waals surface area contributed by atoms with Gasteiger partial charge in [0.2, 0.25) is 5.91 Å². The van der Waals surface area contributed by atoms with Crippen LogP contribution in [0.4, 0.5) is 5.69 Å². The molecule has 2 aromatic rings. The first-order chi connectivity index (χ1) is 11.5. The summed E-state index contributed by atoms with van der Waals surface area (Å²) in [6.07, 6.45) is 0.776. The molecule has 2 aromatic carbocycles. The molecule has 0 aromatic heterocycles. The van der Waals surface area contributed by atoms with Crippen LogP contribution in [-0.2, 0) is 11.2 Å². The van der Waals surface area contributed by atoms with Crippen molar-refractivity contribution < 1.29 is 14.4 Å². The molecule has 0 unspecified atom stereocenters. The molecule has 1 heterocycles. The maximum atomic E-state index is 12.6. The molecule has 1 aliphatic rings. The number of anilines is 1. The van der Waals surface area contributed by atoms with Gasteiger partial charge in [0.1, 0.15) is 6.04 Å². The van der Waals surface area contributed by atoms with Gasteiger partial charge in [-0.2, -0.15) is 0 Å². The van der Waals surface area contributed by atoms with Crippen molar-refractivity contribution in [1.82, 2.24) is 4.90 Å². The molecule has 5 nitrogen and oxygen atoms in total. The standard InChI is InChI=1S/C19H18N2O3/c1-3-13-8-4-7-11-16(13)20-17(22)12(2)21-18(23)14-9-5-6-10-15(14)19(21)24/h4-12H,3H2,1-2H3,(H,20,22)/t12-/m1/s1. The summed E-state index contributed by atoms with van der Waals surface area (Å²) in [5.74, 6) is -1.24. The van der Waals surface area contributed by atoms with E-state index in [9.17, 15) is 14.4 Å². The monoisotopic (exact) mass is 322 g/mol. The van der Waals surface area contributed by atoms with E-state index in [0.717, 1.165) is 16.9 Å². The Labute approximate surface area is 140 Å². The van der Waals surface area contributed by atoms with E-state index in [-0.39, 0.29) is 5.91 Å². The number of fused-ring (bicyclic) bond motifs is 1. The molecule has 0 fully saturated rings. The molecule has 1 N–H and O–H groups in total. The van der Waals surface area contributed by atoms with E-state index >= 15 is 0 Å². The van der Waals surface area contributed by atoms with Gasteiger partial charge in [-0.15, -0.1) is 0 Å². The highest BCUT2D eigenvalue weighted by molar-refractivity contribution is 6.23. The fourth-order valence-corrected chi connectivity index (χ4v) is 2.86. The van der Waals surface area contributed by atoms with Crippen LogP contribution in [0.15, 0.2) is 48.5 Å². The fraction of sp³-hybridized carbons (Fsp3) is 0.211. The van der Waals surface area contributed by atoms with Gasteiger partial charge in [-0.25, -0.2) is 0 Å². The number of carbonyl (C=O) groups is 3. The Kier molecular flexibility index (Phi) is 4.16. The number of imide groups is 1. The summed E-state index contributed by atoms with van der Waals surface area (Å²) in [4.78, 5) is 38.5. The molecular formula is C19H18N2O3. The molecule has 5 heteroatoms. The number of benzene rings is 2. The van der Waals surface area contributed by atoms with Crippen LogP contribution in [-0.4, -0.2) is 28.7 Å². The van der Waals surface area contributed by atoms with Gasteiger partial charge in [-0.1, -0.05) is 37.3 Å². The minimum Gasteiger partial charge on any atom is -0.324 e. The number of aryl methyl sites for hydroxylation is 1. The van der Waals surface area contributed by atoms with Crippen LogP contribution in [0.3, 0.4) is 0 Å². The molecule has 0 aliphatic carbocycles. The number of nitrogens with zero attached hydrogens (tertiary/aromatic N) is 1. The maximum Gasteiger partial charge on any atom is 0.262 e. The summed E-state index contributed by atoms with van der Waals surface area (Å²) in [7, 11) is 0. The van der Waals surface area contributed by atoms with E-state index in [1.165, 1.54) is 0 Å². The smallest absolute Gasteiger partial charge is 0.262 e. The molecule has 24 heavy (non-hydrogen) atoms. The van der Waals surface area contributed by atoms with Crippen LogP contribution >= 0.6 is 0 Å². The predicted octanol–water partition coefficient (Wildman–Crippen LogP) is 2.87. The Hall–Kier alpha value is -2.95. The second-order valence-corrected chi connectivity index (χ2v) is 5.70. The third-order valence-electron chi connectivity index (χ3n) is 4.25. The molecule has 0 bridgehead atoms. The minimum atomic E-state index is -0.887. The van der Waals surface area contributed by atoms with Crippen molar-refractivity contribution >= 4 is 23.4 Å². The summed E-state index contributed by atoms with van der Waals surface area (Å²) in [6, 6.07) is 13.2. The van der Waals surface area contributed by atoms with E-state index in [2.05, 4.69) is 5.32 Å². The quantitative estimate of drug-likeness (QED) is 0.880. The lowest BCUT2D eigenvalue weighted by Gasteiger charge is -2.22. The van der Waals surface area contributed by atoms with Crippen molar-refractivity contribution in [2.45, 2.75) is 26.3 Å². The number of hydrogen-bond donors (Lipinski definition) is 1. The average molecular weight is 322 g/mol. The van der Waals surface area contributed by atoms with Crippen LogP contribution in [0, 0.1) is 0 Å². The van der Waals surface area contributed by atoms with Crippen molar-refractivity contribution in [2.24, 2.45) is 0 Å². The first-order valence-corrected chi connectivity index (χ1v) is 7.90. The van der Waals surface area contributed by atoms with Gasteiger partial charge in [0.25, 0.3) is 11.8 Å². The van der Waals surface area contributed by atoms with Crippen LogP contribution in [0.5, 0.6) is 0 Å². The van der Waals surface area contributed by atoms with Gasteiger partial charge in [0.15, 0.2) is 0 Å². The Balaban J connectivity index is 1.82. The topological polar surface area (TPSA) is 66.5 Å². The number of amides is 3. The zero-order chi connectivity index (χ0) is 17.3. The molecule has 0 spiro atoms. The second kappa shape index (κ2) is 6.28. The highest BCUT2D eigenvalue weighted by Crippen LogP contribution is 2.25. The largest absolute Gasteiger partial charge is 0.324 e. The number of nitrogens with one attached hydrogen (secondary N) is 1. The van der Waals surface area contributed by atoms with E-state index in [0.29, 0.717) is 16.8 Å². The van der Waals surface area contributed by atoms with E-state index in [1.807, 2.05) is 31.2 Å². The Morgan fingerprint density at radius 2 is 1.54 bits per heavy atom. The molecule has 3 amide bonds. The van der Waals surface area contributed by atoms with Crippen LogP contribution < -0.4 is 5.32 Å². The summed E-state index contributed by atoms with van der Waals surface area (Å²) < 4.78 is 0. The lowest BCUT2D eigenvalue weighted by atomic mass is 10.1. The summed E-state index contributed by atoms with van der Waals surface area (Å²) in [6.45, 7) is 3.56. The molecule has 122 valence electrons. The number of carbonyl (C=O) groups excluding carboxylic acids is 3. The zero-order valence-corrected chi connectivity index (χ0v) is 13.6. The number of para-hydroxylation sites is 1.